The topological polar surface area (TPSA) is 72.9 Å². The Balaban J connectivity index is 2.08. The summed E-state index contributed by atoms with van der Waals surface area (Å²) in [6, 6.07) is 5.44. The third-order valence-corrected chi connectivity index (χ3v) is 5.42. The van der Waals surface area contributed by atoms with E-state index in [4.69, 9.17) is 9.47 Å². The third kappa shape index (κ3) is 6.10. The van der Waals surface area contributed by atoms with Crippen molar-refractivity contribution >= 4 is 50.9 Å². The zero-order valence-corrected chi connectivity index (χ0v) is 18.8. The molecule has 1 saturated heterocycles. The maximum Gasteiger partial charge on any atom is 0.326 e. The Labute approximate surface area is 177 Å². The van der Waals surface area contributed by atoms with E-state index in [9.17, 15) is 14.4 Å². The number of amides is 2. The summed E-state index contributed by atoms with van der Waals surface area (Å²) in [5.74, 6) is 0.0385. The lowest BCUT2D eigenvalue weighted by molar-refractivity contribution is -0.150. The van der Waals surface area contributed by atoms with Gasteiger partial charge in [0.1, 0.15) is 12.3 Å². The molecule has 0 N–H and O–H groups in total. The number of halogens is 1. The van der Waals surface area contributed by atoms with E-state index in [1.807, 2.05) is 25.1 Å². The number of nitrogens with zero attached hydrogens (tertiary/aromatic N) is 1. The minimum Gasteiger partial charge on any atom is -0.492 e. The summed E-state index contributed by atoms with van der Waals surface area (Å²) in [5.41, 5.74) is 0.747. The van der Waals surface area contributed by atoms with Crippen LogP contribution < -0.4 is 4.74 Å². The van der Waals surface area contributed by atoms with Crippen LogP contribution in [0.25, 0.3) is 6.08 Å². The van der Waals surface area contributed by atoms with Gasteiger partial charge in [0.05, 0.1) is 22.1 Å². The Morgan fingerprint density at radius 1 is 1.29 bits per heavy atom. The van der Waals surface area contributed by atoms with Gasteiger partial charge in [-0.1, -0.05) is 26.8 Å². The van der Waals surface area contributed by atoms with Gasteiger partial charge in [-0.05, 0) is 70.7 Å². The predicted molar refractivity (Wildman–Crippen MR) is 113 cm³/mol. The Morgan fingerprint density at radius 2 is 2.00 bits per heavy atom. The molecule has 2 rings (SSSR count). The molecular weight excluding hydrogens is 446 g/mol. The van der Waals surface area contributed by atoms with E-state index in [2.05, 4.69) is 29.8 Å². The molecule has 0 bridgehead atoms. The molecule has 1 aliphatic heterocycles. The second-order valence-corrected chi connectivity index (χ2v) is 8.72. The van der Waals surface area contributed by atoms with Crippen LogP contribution in [0.4, 0.5) is 4.79 Å². The SMILES string of the molecule is CC[C@H](C)OC(=O)CN1C(=O)S/C(=C/c2ccc(OCC(C)C)c(Br)c2)C1=O. The number of benzene rings is 1. The van der Waals surface area contributed by atoms with Crippen LogP contribution in [0.5, 0.6) is 5.75 Å². The van der Waals surface area contributed by atoms with E-state index < -0.39 is 17.1 Å². The fourth-order valence-corrected chi connectivity index (χ4v) is 3.59. The summed E-state index contributed by atoms with van der Waals surface area (Å²) in [6.07, 6.45) is 2.04. The maximum absolute atomic E-state index is 12.5. The average molecular weight is 470 g/mol. The Kier molecular flexibility index (Phi) is 8.12. The van der Waals surface area contributed by atoms with E-state index >= 15 is 0 Å². The second kappa shape index (κ2) is 10.1. The predicted octanol–water partition coefficient (Wildman–Crippen LogP) is 4.86. The summed E-state index contributed by atoms with van der Waals surface area (Å²) in [7, 11) is 0. The van der Waals surface area contributed by atoms with E-state index in [0.29, 0.717) is 24.7 Å². The molecule has 0 saturated carbocycles. The molecular formula is C20H24BrNO5S. The van der Waals surface area contributed by atoms with Crippen LogP contribution in [0, 0.1) is 5.92 Å². The number of rotatable bonds is 8. The van der Waals surface area contributed by atoms with E-state index in [0.717, 1.165) is 26.7 Å². The van der Waals surface area contributed by atoms with Crippen molar-refractivity contribution in [2.45, 2.75) is 40.2 Å². The zero-order valence-electron chi connectivity index (χ0n) is 16.4. The van der Waals surface area contributed by atoms with E-state index in [1.165, 1.54) is 0 Å². The van der Waals surface area contributed by atoms with Crippen molar-refractivity contribution in [3.63, 3.8) is 0 Å². The Bertz CT molecular complexity index is 793. The highest BCUT2D eigenvalue weighted by Gasteiger charge is 2.36. The fourth-order valence-electron chi connectivity index (χ4n) is 2.24. The first kappa shape index (κ1) is 22.5. The lowest BCUT2D eigenvalue weighted by atomic mass is 10.2. The van der Waals surface area contributed by atoms with Gasteiger partial charge in [0.2, 0.25) is 0 Å². The summed E-state index contributed by atoms with van der Waals surface area (Å²) in [5, 5.41) is -0.478. The van der Waals surface area contributed by atoms with Crippen LogP contribution in [0.2, 0.25) is 0 Å². The molecule has 1 aliphatic rings. The number of carbonyl (C=O) groups excluding carboxylic acids is 3. The monoisotopic (exact) mass is 469 g/mol. The first-order valence-corrected chi connectivity index (χ1v) is 10.7. The lowest BCUT2D eigenvalue weighted by Gasteiger charge is -2.14. The number of hydrogen-bond donors (Lipinski definition) is 0. The molecule has 0 aliphatic carbocycles. The van der Waals surface area contributed by atoms with Gasteiger partial charge in [0, 0.05) is 0 Å². The van der Waals surface area contributed by atoms with Crippen LogP contribution in [-0.4, -0.2) is 41.3 Å². The number of imide groups is 1. The molecule has 8 heteroatoms. The van der Waals surface area contributed by atoms with Crippen molar-refractivity contribution in [3.05, 3.63) is 33.1 Å². The van der Waals surface area contributed by atoms with Gasteiger partial charge in [-0.2, -0.15) is 0 Å². The second-order valence-electron chi connectivity index (χ2n) is 6.87. The Morgan fingerprint density at radius 3 is 2.61 bits per heavy atom. The van der Waals surface area contributed by atoms with Gasteiger partial charge in [-0.15, -0.1) is 0 Å². The smallest absolute Gasteiger partial charge is 0.326 e. The van der Waals surface area contributed by atoms with Crippen molar-refractivity contribution < 1.29 is 23.9 Å². The van der Waals surface area contributed by atoms with Crippen LogP contribution in [0.1, 0.15) is 39.7 Å². The number of thioether (sulfide) groups is 1. The number of esters is 1. The molecule has 1 fully saturated rings. The minimum atomic E-state index is -0.590. The van der Waals surface area contributed by atoms with E-state index in [-0.39, 0.29) is 17.6 Å². The highest BCUT2D eigenvalue weighted by molar-refractivity contribution is 9.10. The van der Waals surface area contributed by atoms with Crippen molar-refractivity contribution in [2.75, 3.05) is 13.2 Å². The summed E-state index contributed by atoms with van der Waals surface area (Å²) in [6.45, 7) is 8.01. The molecule has 0 unspecified atom stereocenters. The number of carbonyl (C=O) groups is 3. The van der Waals surface area contributed by atoms with Crippen LogP contribution in [-0.2, 0) is 14.3 Å². The molecule has 1 atom stereocenters. The van der Waals surface area contributed by atoms with Crippen molar-refractivity contribution in [1.82, 2.24) is 4.90 Å². The van der Waals surface area contributed by atoms with Gasteiger partial charge in [-0.25, -0.2) is 0 Å². The van der Waals surface area contributed by atoms with Crippen molar-refractivity contribution in [3.8, 4) is 5.75 Å². The highest BCUT2D eigenvalue weighted by atomic mass is 79.9. The quantitative estimate of drug-likeness (QED) is 0.399. The average Bonchev–Trinajstić information content (AvgIpc) is 2.88. The molecule has 0 aromatic heterocycles. The molecule has 152 valence electrons. The molecule has 28 heavy (non-hydrogen) atoms. The van der Waals surface area contributed by atoms with Gasteiger partial charge >= 0.3 is 5.97 Å². The maximum atomic E-state index is 12.5. The van der Waals surface area contributed by atoms with Crippen LogP contribution >= 0.6 is 27.7 Å². The number of hydrogen-bond acceptors (Lipinski definition) is 6. The molecule has 0 radical (unpaired) electrons. The molecule has 0 spiro atoms. The summed E-state index contributed by atoms with van der Waals surface area (Å²) < 4.78 is 11.6. The standard InChI is InChI=1S/C20H24BrNO5S/c1-5-13(4)27-18(23)10-22-19(24)17(28-20(22)25)9-14-6-7-16(15(21)8-14)26-11-12(2)3/h6-9,12-13H,5,10-11H2,1-4H3/b17-9+/t13-/m0/s1. The first-order chi connectivity index (χ1) is 13.2. The van der Waals surface area contributed by atoms with Crippen LogP contribution in [0.15, 0.2) is 27.6 Å². The third-order valence-electron chi connectivity index (χ3n) is 3.89. The molecule has 6 nitrogen and oxygen atoms in total. The van der Waals surface area contributed by atoms with Crippen molar-refractivity contribution in [1.29, 1.82) is 0 Å². The van der Waals surface area contributed by atoms with Gasteiger partial charge in [0.25, 0.3) is 11.1 Å². The summed E-state index contributed by atoms with van der Waals surface area (Å²) in [4.78, 5) is 37.7. The lowest BCUT2D eigenvalue weighted by Crippen LogP contribution is -2.35. The normalized spacial score (nSPS) is 16.8. The molecule has 2 amide bonds. The van der Waals surface area contributed by atoms with Crippen LogP contribution in [0.3, 0.4) is 0 Å². The zero-order chi connectivity index (χ0) is 20.8. The first-order valence-electron chi connectivity index (χ1n) is 9.08. The van der Waals surface area contributed by atoms with Gasteiger partial charge in [0.15, 0.2) is 0 Å². The number of ether oxygens (including phenoxy) is 2. The minimum absolute atomic E-state index is 0.253. The summed E-state index contributed by atoms with van der Waals surface area (Å²) >= 11 is 4.28. The van der Waals surface area contributed by atoms with Gasteiger partial charge < -0.3 is 9.47 Å². The van der Waals surface area contributed by atoms with Gasteiger partial charge in [-0.3, -0.25) is 19.3 Å². The largest absolute Gasteiger partial charge is 0.492 e. The molecule has 1 aromatic rings. The highest BCUT2D eigenvalue weighted by Crippen LogP contribution is 2.34. The molecule has 1 heterocycles. The fraction of sp³-hybridized carbons (Fsp3) is 0.450. The van der Waals surface area contributed by atoms with Crippen molar-refractivity contribution in [2.24, 2.45) is 5.92 Å². The van der Waals surface area contributed by atoms with E-state index in [1.54, 1.807) is 13.0 Å². The molecule has 1 aromatic carbocycles. The Hall–Kier alpha value is -1.80.